The number of hydrazone groups is 1. The molecule has 2 fully saturated rings. The lowest BCUT2D eigenvalue weighted by molar-refractivity contribution is 0.0320. The first-order valence-corrected chi connectivity index (χ1v) is 11.3. The van der Waals surface area contributed by atoms with E-state index >= 15 is 0 Å². The van der Waals surface area contributed by atoms with Crippen molar-refractivity contribution >= 4 is 28.6 Å². The zero-order valence-corrected chi connectivity index (χ0v) is 18.6. The summed E-state index contributed by atoms with van der Waals surface area (Å²) in [6, 6.07) is 9.96. The van der Waals surface area contributed by atoms with Crippen molar-refractivity contribution in [2.45, 2.75) is 0 Å². The van der Waals surface area contributed by atoms with Crippen LogP contribution in [-0.4, -0.2) is 91.8 Å². The summed E-state index contributed by atoms with van der Waals surface area (Å²) in [6.45, 7) is 7.76. The van der Waals surface area contributed by atoms with Crippen LogP contribution in [0.4, 0.5) is 11.5 Å². The molecule has 0 bridgehead atoms. The molecule has 4 heterocycles. The third-order valence-electron chi connectivity index (χ3n) is 5.76. The summed E-state index contributed by atoms with van der Waals surface area (Å²) < 4.78 is 16.9. The van der Waals surface area contributed by atoms with Gasteiger partial charge in [0.2, 0.25) is 5.88 Å². The van der Waals surface area contributed by atoms with Gasteiger partial charge in [-0.3, -0.25) is 10.3 Å². The van der Waals surface area contributed by atoms with E-state index in [-0.39, 0.29) is 0 Å². The number of H-pyrrole nitrogens is 1. The maximum Gasteiger partial charge on any atom is 0.219 e. The number of nitrogens with zero attached hydrogens (tertiary/aromatic N) is 5. The number of rotatable bonds is 8. The fourth-order valence-electron chi connectivity index (χ4n) is 3.94. The molecule has 3 aromatic rings. The summed E-state index contributed by atoms with van der Waals surface area (Å²) in [4.78, 5) is 17.0. The average Bonchev–Trinajstić information content (AvgIpc) is 3.28. The van der Waals surface area contributed by atoms with E-state index < -0.39 is 0 Å². The van der Waals surface area contributed by atoms with Crippen LogP contribution in [0.2, 0.25) is 0 Å². The van der Waals surface area contributed by atoms with Gasteiger partial charge in [0.1, 0.15) is 12.4 Å². The molecule has 174 valence electrons. The highest BCUT2D eigenvalue weighted by molar-refractivity contribution is 5.92. The Hall–Kier alpha value is -3.21. The molecule has 0 spiro atoms. The summed E-state index contributed by atoms with van der Waals surface area (Å²) in [6.07, 6.45) is 3.52. The predicted molar refractivity (Wildman–Crippen MR) is 127 cm³/mol. The molecule has 2 saturated heterocycles. The van der Waals surface area contributed by atoms with Crippen molar-refractivity contribution in [2.24, 2.45) is 5.10 Å². The molecule has 0 amide bonds. The lowest BCUT2D eigenvalue weighted by Gasteiger charge is -2.28. The highest BCUT2D eigenvalue weighted by atomic mass is 16.5. The van der Waals surface area contributed by atoms with E-state index in [2.05, 4.69) is 30.3 Å². The minimum absolute atomic E-state index is 0.493. The lowest BCUT2D eigenvalue weighted by Crippen LogP contribution is -2.38. The molecule has 2 aliphatic rings. The molecule has 0 saturated carbocycles. The number of fused-ring (bicyclic) bond motifs is 1. The molecule has 0 atom stereocenters. The van der Waals surface area contributed by atoms with Crippen molar-refractivity contribution in [3.8, 4) is 5.88 Å². The van der Waals surface area contributed by atoms with E-state index in [1.807, 2.05) is 36.5 Å². The van der Waals surface area contributed by atoms with Crippen LogP contribution in [0.3, 0.4) is 0 Å². The molecule has 2 N–H and O–H groups in total. The van der Waals surface area contributed by atoms with E-state index in [0.717, 1.165) is 68.3 Å². The number of aromatic amines is 1. The first-order chi connectivity index (χ1) is 16.3. The van der Waals surface area contributed by atoms with Gasteiger partial charge in [-0.2, -0.15) is 10.1 Å². The van der Waals surface area contributed by atoms with Crippen molar-refractivity contribution in [1.82, 2.24) is 19.9 Å². The van der Waals surface area contributed by atoms with E-state index in [9.17, 15) is 0 Å². The Bertz CT molecular complexity index is 1070. The zero-order valence-electron chi connectivity index (χ0n) is 18.6. The van der Waals surface area contributed by atoms with Crippen LogP contribution in [0, 0.1) is 0 Å². The molecular weight excluding hydrogens is 422 g/mol. The Labute approximate surface area is 192 Å². The van der Waals surface area contributed by atoms with E-state index in [0.29, 0.717) is 31.5 Å². The van der Waals surface area contributed by atoms with Gasteiger partial charge in [0.15, 0.2) is 5.82 Å². The van der Waals surface area contributed by atoms with Crippen LogP contribution in [0.15, 0.2) is 41.6 Å². The minimum Gasteiger partial charge on any atom is -0.476 e. The Balaban J connectivity index is 1.29. The molecule has 0 radical (unpaired) electrons. The second-order valence-corrected chi connectivity index (χ2v) is 7.94. The second-order valence-electron chi connectivity index (χ2n) is 7.94. The Morgan fingerprint density at radius 1 is 1.06 bits per heavy atom. The first kappa shape index (κ1) is 21.6. The SMILES string of the molecule is C(=N\Nc1c[nH]c2ccccc12)/c1nc(OCCN2CCOCC2)cc(N2CCOCC2)n1. The van der Waals surface area contributed by atoms with Crippen molar-refractivity contribution in [1.29, 1.82) is 0 Å². The summed E-state index contributed by atoms with van der Waals surface area (Å²) in [5, 5.41) is 5.45. The van der Waals surface area contributed by atoms with E-state index in [4.69, 9.17) is 19.2 Å². The van der Waals surface area contributed by atoms with Crippen LogP contribution in [-0.2, 0) is 9.47 Å². The van der Waals surface area contributed by atoms with Gasteiger partial charge < -0.3 is 24.1 Å². The number of aromatic nitrogens is 3. The van der Waals surface area contributed by atoms with Gasteiger partial charge in [-0.1, -0.05) is 18.2 Å². The third kappa shape index (κ3) is 5.59. The molecule has 0 aliphatic carbocycles. The number of anilines is 2. The van der Waals surface area contributed by atoms with Crippen LogP contribution in [0.1, 0.15) is 5.82 Å². The summed E-state index contributed by atoms with van der Waals surface area (Å²) in [5.41, 5.74) is 5.04. The number of benzene rings is 1. The molecule has 2 aliphatic heterocycles. The quantitative estimate of drug-likeness (QED) is 0.396. The lowest BCUT2D eigenvalue weighted by atomic mass is 10.2. The van der Waals surface area contributed by atoms with Gasteiger partial charge in [0, 0.05) is 55.9 Å². The third-order valence-corrected chi connectivity index (χ3v) is 5.76. The van der Waals surface area contributed by atoms with E-state index in [1.165, 1.54) is 0 Å². The normalized spacial score (nSPS) is 17.6. The van der Waals surface area contributed by atoms with Crippen LogP contribution in [0.5, 0.6) is 5.88 Å². The fourth-order valence-corrected chi connectivity index (χ4v) is 3.94. The molecule has 1 aromatic carbocycles. The van der Waals surface area contributed by atoms with Crippen LogP contribution >= 0.6 is 0 Å². The summed E-state index contributed by atoms with van der Waals surface area (Å²) in [5.74, 6) is 1.87. The molecule has 10 heteroatoms. The van der Waals surface area contributed by atoms with Crippen molar-refractivity contribution in [2.75, 3.05) is 76.1 Å². The van der Waals surface area contributed by atoms with Gasteiger partial charge >= 0.3 is 0 Å². The van der Waals surface area contributed by atoms with Crippen molar-refractivity contribution in [3.63, 3.8) is 0 Å². The molecule has 5 rings (SSSR count). The number of hydrogen-bond acceptors (Lipinski definition) is 9. The maximum atomic E-state index is 6.01. The smallest absolute Gasteiger partial charge is 0.219 e. The molecular formula is C23H29N7O3. The van der Waals surface area contributed by atoms with E-state index in [1.54, 1.807) is 6.21 Å². The fraction of sp³-hybridized carbons (Fsp3) is 0.435. The summed E-state index contributed by atoms with van der Waals surface area (Å²) >= 11 is 0. The monoisotopic (exact) mass is 451 g/mol. The van der Waals surface area contributed by atoms with Gasteiger partial charge in [0.05, 0.1) is 38.3 Å². The average molecular weight is 452 g/mol. The number of morpholine rings is 2. The zero-order chi connectivity index (χ0) is 22.3. The molecule has 0 unspecified atom stereocenters. The number of para-hydroxylation sites is 1. The Morgan fingerprint density at radius 2 is 1.85 bits per heavy atom. The second kappa shape index (κ2) is 10.6. The van der Waals surface area contributed by atoms with Crippen LogP contribution < -0.4 is 15.1 Å². The largest absolute Gasteiger partial charge is 0.476 e. The van der Waals surface area contributed by atoms with Crippen LogP contribution in [0.25, 0.3) is 10.9 Å². The van der Waals surface area contributed by atoms with Crippen molar-refractivity contribution < 1.29 is 14.2 Å². The molecule has 10 nitrogen and oxygen atoms in total. The topological polar surface area (TPSA) is 100 Å². The van der Waals surface area contributed by atoms with Gasteiger partial charge in [-0.25, -0.2) is 4.98 Å². The number of nitrogens with one attached hydrogen (secondary N) is 2. The highest BCUT2D eigenvalue weighted by Gasteiger charge is 2.16. The van der Waals surface area contributed by atoms with Gasteiger partial charge in [0.25, 0.3) is 0 Å². The Morgan fingerprint density at radius 3 is 2.70 bits per heavy atom. The molecule has 33 heavy (non-hydrogen) atoms. The predicted octanol–water partition coefficient (Wildman–Crippen LogP) is 1.95. The summed E-state index contributed by atoms with van der Waals surface area (Å²) in [7, 11) is 0. The number of hydrogen-bond donors (Lipinski definition) is 2. The minimum atomic E-state index is 0.493. The van der Waals surface area contributed by atoms with Gasteiger partial charge in [-0.05, 0) is 6.07 Å². The first-order valence-electron chi connectivity index (χ1n) is 11.3. The highest BCUT2D eigenvalue weighted by Crippen LogP contribution is 2.22. The standard InChI is InChI=1S/C23H29N7O3/c1-2-4-19-18(3-1)20(16-24-19)28-25-17-21-26-22(30-8-12-32-13-9-30)15-23(27-21)33-14-7-29-5-10-31-11-6-29/h1-4,15-17,24,28H,5-14H2/b25-17+. The molecule has 2 aromatic heterocycles. The van der Waals surface area contributed by atoms with Crippen molar-refractivity contribution in [3.05, 3.63) is 42.4 Å². The maximum absolute atomic E-state index is 6.01. The van der Waals surface area contributed by atoms with Gasteiger partial charge in [-0.15, -0.1) is 0 Å². The Kier molecular flexibility index (Phi) is 6.95. The number of ether oxygens (including phenoxy) is 3.